The Morgan fingerprint density at radius 3 is 2.38 bits per heavy atom. The lowest BCUT2D eigenvalue weighted by Gasteiger charge is -2.40. The van der Waals surface area contributed by atoms with E-state index in [9.17, 15) is 4.79 Å². The average Bonchev–Trinajstić information content (AvgIpc) is 2.55. The molecule has 1 amide bonds. The van der Waals surface area contributed by atoms with Crippen molar-refractivity contribution < 1.29 is 4.79 Å². The number of likely N-dealkylation sites (tertiary alicyclic amines) is 2. The summed E-state index contributed by atoms with van der Waals surface area (Å²) >= 11 is 0. The Labute approximate surface area is 98.8 Å². The molecule has 0 aromatic rings. The SMILES string of the molecule is CCN1CC2(CCN(C(C)C)CC2)CC1=O. The third kappa shape index (κ3) is 2.10. The van der Waals surface area contributed by atoms with Crippen molar-refractivity contribution >= 4 is 5.91 Å². The summed E-state index contributed by atoms with van der Waals surface area (Å²) < 4.78 is 0. The summed E-state index contributed by atoms with van der Waals surface area (Å²) in [5.74, 6) is 0.375. The number of carbonyl (C=O) groups is 1. The molecule has 16 heavy (non-hydrogen) atoms. The fourth-order valence-corrected chi connectivity index (χ4v) is 3.12. The fraction of sp³-hybridized carbons (Fsp3) is 0.923. The number of carbonyl (C=O) groups excluding carboxylic acids is 1. The maximum Gasteiger partial charge on any atom is 0.223 e. The van der Waals surface area contributed by atoms with Gasteiger partial charge in [-0.25, -0.2) is 0 Å². The zero-order valence-corrected chi connectivity index (χ0v) is 10.8. The molecule has 2 aliphatic rings. The van der Waals surface area contributed by atoms with Gasteiger partial charge >= 0.3 is 0 Å². The van der Waals surface area contributed by atoms with E-state index < -0.39 is 0 Å². The molecule has 0 N–H and O–H groups in total. The minimum Gasteiger partial charge on any atom is -0.342 e. The van der Waals surface area contributed by atoms with Crippen molar-refractivity contribution in [3.63, 3.8) is 0 Å². The summed E-state index contributed by atoms with van der Waals surface area (Å²) in [5, 5.41) is 0. The minimum absolute atomic E-state index is 0.318. The molecule has 0 aliphatic carbocycles. The van der Waals surface area contributed by atoms with Gasteiger partial charge < -0.3 is 9.80 Å². The van der Waals surface area contributed by atoms with E-state index >= 15 is 0 Å². The minimum atomic E-state index is 0.318. The standard InChI is InChI=1S/C13H24N2O/c1-4-14-10-13(9-12(14)16)5-7-15(8-6-13)11(2)3/h11H,4-10H2,1-3H3. The van der Waals surface area contributed by atoms with Crippen molar-refractivity contribution in [1.82, 2.24) is 9.80 Å². The first kappa shape index (κ1) is 11.9. The number of rotatable bonds is 2. The first-order valence-corrected chi connectivity index (χ1v) is 6.58. The van der Waals surface area contributed by atoms with Crippen molar-refractivity contribution in [2.75, 3.05) is 26.2 Å². The molecular formula is C13H24N2O. The normalized spacial score (nSPS) is 26.0. The van der Waals surface area contributed by atoms with Crippen molar-refractivity contribution in [3.05, 3.63) is 0 Å². The molecule has 2 heterocycles. The van der Waals surface area contributed by atoms with Crippen LogP contribution in [0, 0.1) is 5.41 Å². The quantitative estimate of drug-likeness (QED) is 0.713. The smallest absolute Gasteiger partial charge is 0.223 e. The van der Waals surface area contributed by atoms with Gasteiger partial charge in [0.15, 0.2) is 0 Å². The molecule has 2 aliphatic heterocycles. The number of nitrogens with zero attached hydrogens (tertiary/aromatic N) is 2. The molecule has 2 saturated heterocycles. The first-order chi connectivity index (χ1) is 7.56. The summed E-state index contributed by atoms with van der Waals surface area (Å²) in [4.78, 5) is 16.4. The number of piperidine rings is 1. The molecule has 0 saturated carbocycles. The first-order valence-electron chi connectivity index (χ1n) is 6.58. The van der Waals surface area contributed by atoms with Gasteiger partial charge in [0.05, 0.1) is 0 Å². The van der Waals surface area contributed by atoms with Gasteiger partial charge in [-0.05, 0) is 52.1 Å². The number of hydrogen-bond donors (Lipinski definition) is 0. The van der Waals surface area contributed by atoms with E-state index in [0.29, 0.717) is 17.4 Å². The van der Waals surface area contributed by atoms with Crippen molar-refractivity contribution in [2.45, 2.75) is 46.1 Å². The summed E-state index contributed by atoms with van der Waals surface area (Å²) in [7, 11) is 0. The maximum absolute atomic E-state index is 11.8. The topological polar surface area (TPSA) is 23.6 Å². The van der Waals surface area contributed by atoms with Gasteiger partial charge in [0.2, 0.25) is 5.91 Å². The zero-order chi connectivity index (χ0) is 11.8. The number of hydrogen-bond acceptors (Lipinski definition) is 2. The lowest BCUT2D eigenvalue weighted by molar-refractivity contribution is -0.127. The molecule has 2 rings (SSSR count). The molecule has 0 unspecified atom stereocenters. The fourth-order valence-electron chi connectivity index (χ4n) is 3.12. The third-order valence-corrected chi connectivity index (χ3v) is 4.38. The van der Waals surface area contributed by atoms with E-state index in [-0.39, 0.29) is 0 Å². The molecule has 0 bridgehead atoms. The summed E-state index contributed by atoms with van der Waals surface area (Å²) in [6, 6.07) is 0.650. The lowest BCUT2D eigenvalue weighted by Crippen LogP contribution is -2.44. The Morgan fingerprint density at radius 1 is 1.31 bits per heavy atom. The van der Waals surface area contributed by atoms with E-state index in [0.717, 1.165) is 19.5 Å². The van der Waals surface area contributed by atoms with E-state index in [1.807, 2.05) is 4.90 Å². The Kier molecular flexibility index (Phi) is 3.24. The van der Waals surface area contributed by atoms with Crippen LogP contribution in [-0.2, 0) is 4.79 Å². The highest BCUT2D eigenvalue weighted by molar-refractivity contribution is 5.79. The molecule has 0 aromatic carbocycles. The Morgan fingerprint density at radius 2 is 1.94 bits per heavy atom. The van der Waals surface area contributed by atoms with Crippen molar-refractivity contribution in [2.24, 2.45) is 5.41 Å². The van der Waals surface area contributed by atoms with Crippen LogP contribution in [0.25, 0.3) is 0 Å². The second-order valence-electron chi connectivity index (χ2n) is 5.71. The third-order valence-electron chi connectivity index (χ3n) is 4.38. The van der Waals surface area contributed by atoms with Crippen LogP contribution in [0.15, 0.2) is 0 Å². The number of amides is 1. The van der Waals surface area contributed by atoms with Gasteiger partial charge in [0, 0.05) is 25.6 Å². The van der Waals surface area contributed by atoms with Crippen LogP contribution >= 0.6 is 0 Å². The van der Waals surface area contributed by atoms with E-state index in [2.05, 4.69) is 25.7 Å². The molecule has 3 nitrogen and oxygen atoms in total. The average molecular weight is 224 g/mol. The van der Waals surface area contributed by atoms with Crippen molar-refractivity contribution in [1.29, 1.82) is 0 Å². The maximum atomic E-state index is 11.8. The highest BCUT2D eigenvalue weighted by Gasteiger charge is 2.44. The summed E-state index contributed by atoms with van der Waals surface area (Å²) in [5.41, 5.74) is 0.318. The molecular weight excluding hydrogens is 200 g/mol. The predicted octanol–water partition coefficient (Wildman–Crippen LogP) is 1.73. The van der Waals surface area contributed by atoms with Crippen LogP contribution in [0.5, 0.6) is 0 Å². The highest BCUT2D eigenvalue weighted by Crippen LogP contribution is 2.41. The van der Waals surface area contributed by atoms with Gasteiger partial charge in [-0.2, -0.15) is 0 Å². The second kappa shape index (κ2) is 4.36. The van der Waals surface area contributed by atoms with Gasteiger partial charge in [-0.3, -0.25) is 4.79 Å². The van der Waals surface area contributed by atoms with Crippen LogP contribution in [0.3, 0.4) is 0 Å². The lowest BCUT2D eigenvalue weighted by atomic mass is 9.77. The van der Waals surface area contributed by atoms with E-state index in [1.54, 1.807) is 0 Å². The van der Waals surface area contributed by atoms with Crippen LogP contribution in [0.4, 0.5) is 0 Å². The largest absolute Gasteiger partial charge is 0.342 e. The van der Waals surface area contributed by atoms with Gasteiger partial charge in [0.25, 0.3) is 0 Å². The molecule has 1 spiro atoms. The molecule has 0 aromatic heterocycles. The summed E-state index contributed by atoms with van der Waals surface area (Å²) in [6.45, 7) is 10.8. The zero-order valence-electron chi connectivity index (χ0n) is 10.8. The Hall–Kier alpha value is -0.570. The van der Waals surface area contributed by atoms with Crippen LogP contribution in [0.1, 0.15) is 40.0 Å². The van der Waals surface area contributed by atoms with Gasteiger partial charge in [0.1, 0.15) is 0 Å². The molecule has 0 atom stereocenters. The molecule has 0 radical (unpaired) electrons. The van der Waals surface area contributed by atoms with Crippen LogP contribution in [-0.4, -0.2) is 47.9 Å². The molecule has 3 heteroatoms. The Bertz CT molecular complexity index is 267. The molecule has 2 fully saturated rings. The van der Waals surface area contributed by atoms with Crippen molar-refractivity contribution in [3.8, 4) is 0 Å². The van der Waals surface area contributed by atoms with E-state index in [1.165, 1.54) is 25.9 Å². The highest BCUT2D eigenvalue weighted by atomic mass is 16.2. The predicted molar refractivity (Wildman–Crippen MR) is 65.2 cm³/mol. The van der Waals surface area contributed by atoms with E-state index in [4.69, 9.17) is 0 Å². The monoisotopic (exact) mass is 224 g/mol. The Balaban J connectivity index is 1.96. The van der Waals surface area contributed by atoms with Gasteiger partial charge in [-0.15, -0.1) is 0 Å². The molecule has 92 valence electrons. The van der Waals surface area contributed by atoms with Gasteiger partial charge in [-0.1, -0.05) is 0 Å². The van der Waals surface area contributed by atoms with Crippen LogP contribution in [0.2, 0.25) is 0 Å². The second-order valence-corrected chi connectivity index (χ2v) is 5.71. The van der Waals surface area contributed by atoms with Crippen LogP contribution < -0.4 is 0 Å². The summed E-state index contributed by atoms with van der Waals surface area (Å²) in [6.07, 6.45) is 3.20.